The molecule has 0 spiro atoms. The van der Waals surface area contributed by atoms with Crippen molar-refractivity contribution < 1.29 is 0 Å². The molecule has 0 nitrogen and oxygen atoms in total. The number of hydrogen-bond donors (Lipinski definition) is 0. The summed E-state index contributed by atoms with van der Waals surface area (Å²) in [5, 5.41) is 0. The molecule has 0 bridgehead atoms. The van der Waals surface area contributed by atoms with Crippen LogP contribution in [-0.2, 0) is 0 Å². The van der Waals surface area contributed by atoms with Gasteiger partial charge in [-0.25, -0.2) is 0 Å². The maximum absolute atomic E-state index is 2.55. The molecule has 0 aliphatic rings. The zero-order valence-electron chi connectivity index (χ0n) is 4.84. The Morgan fingerprint density at radius 1 is 0.667 bits per heavy atom. The van der Waals surface area contributed by atoms with Gasteiger partial charge in [0, 0.05) is 0 Å². The van der Waals surface area contributed by atoms with Gasteiger partial charge in [-0.15, -0.1) is 0 Å². The molecule has 0 saturated carbocycles. The Kier molecular flexibility index (Phi) is 8.94. The third-order valence-corrected chi connectivity index (χ3v) is 22.8. The molecular weight excluding hydrogens is 584 g/mol. The van der Waals surface area contributed by atoms with Gasteiger partial charge in [-0.1, -0.05) is 90.4 Å². The fourth-order valence-electron chi connectivity index (χ4n) is 0.214. The Balaban J connectivity index is 3.82. The van der Waals surface area contributed by atoms with Crippen LogP contribution in [0.5, 0.6) is 0 Å². The van der Waals surface area contributed by atoms with E-state index in [1.807, 2.05) is 0 Å². The minimum Gasteiger partial charge on any atom is -0.0896 e. The molecule has 0 fully saturated rings. The smallest absolute Gasteiger partial charge is 0.0896 e. The molecule has 0 aliphatic heterocycles. The van der Waals surface area contributed by atoms with Crippen molar-refractivity contribution in [1.29, 1.82) is 0 Å². The monoisotopic (exact) mass is 592 g/mol. The first-order chi connectivity index (χ1) is 4.24. The molecule has 0 rings (SSSR count). The SMILES string of the molecule is IC[Si](CI)(CI)CI. The highest BCUT2D eigenvalue weighted by Gasteiger charge is 2.27. The molecule has 0 aliphatic carbocycles. The van der Waals surface area contributed by atoms with E-state index in [0.717, 1.165) is 0 Å². The van der Waals surface area contributed by atoms with E-state index in [-0.39, 0.29) is 0 Å². The fraction of sp³-hybridized carbons (Fsp3) is 1.00. The van der Waals surface area contributed by atoms with E-state index in [9.17, 15) is 0 Å². The van der Waals surface area contributed by atoms with Crippen molar-refractivity contribution in [2.45, 2.75) is 0 Å². The van der Waals surface area contributed by atoms with Crippen molar-refractivity contribution in [3.05, 3.63) is 0 Å². The highest BCUT2D eigenvalue weighted by atomic mass is 127. The van der Waals surface area contributed by atoms with Gasteiger partial charge in [0.15, 0.2) is 0 Å². The quantitative estimate of drug-likeness (QED) is 0.268. The second kappa shape index (κ2) is 6.63. The second-order valence-electron chi connectivity index (χ2n) is 2.03. The fourth-order valence-corrected chi connectivity index (χ4v) is 28.9. The van der Waals surface area contributed by atoms with Crippen molar-refractivity contribution in [1.82, 2.24) is 0 Å². The molecule has 0 aromatic rings. The summed E-state index contributed by atoms with van der Waals surface area (Å²) in [6.45, 7) is 0. The third kappa shape index (κ3) is 4.06. The average Bonchev–Trinajstić information content (AvgIpc) is 1.95. The number of rotatable bonds is 4. The van der Waals surface area contributed by atoms with Gasteiger partial charge in [0.1, 0.15) is 0 Å². The topological polar surface area (TPSA) is 0 Å². The van der Waals surface area contributed by atoms with E-state index in [1.54, 1.807) is 0 Å². The predicted octanol–water partition coefficient (Wildman–Crippen LogP) is 3.33. The van der Waals surface area contributed by atoms with E-state index in [2.05, 4.69) is 90.4 Å². The molecule has 0 unspecified atom stereocenters. The molecular formula is C4H8I4Si. The molecule has 0 aromatic heterocycles. The minimum absolute atomic E-state index is 0.745. The molecule has 0 amide bonds. The first-order valence-electron chi connectivity index (χ1n) is 2.48. The van der Waals surface area contributed by atoms with Crippen molar-refractivity contribution in [3.63, 3.8) is 0 Å². The molecule has 0 radical (unpaired) electrons. The second-order valence-corrected chi connectivity index (χ2v) is 15.3. The van der Waals surface area contributed by atoms with E-state index in [0.29, 0.717) is 0 Å². The zero-order valence-corrected chi connectivity index (χ0v) is 14.5. The Morgan fingerprint density at radius 2 is 0.889 bits per heavy atom. The van der Waals surface area contributed by atoms with Gasteiger partial charge in [-0.05, 0) is 16.2 Å². The predicted molar refractivity (Wildman–Crippen MR) is 81.3 cm³/mol. The van der Waals surface area contributed by atoms with E-state index in [4.69, 9.17) is 0 Å². The number of halogens is 4. The largest absolute Gasteiger partial charge is 0.0929 e. The van der Waals surface area contributed by atoms with Gasteiger partial charge in [0.05, 0.1) is 8.07 Å². The molecule has 0 saturated heterocycles. The lowest BCUT2D eigenvalue weighted by Gasteiger charge is -2.21. The van der Waals surface area contributed by atoms with Gasteiger partial charge in [0.2, 0.25) is 0 Å². The summed E-state index contributed by atoms with van der Waals surface area (Å²) in [7, 11) is -0.745. The summed E-state index contributed by atoms with van der Waals surface area (Å²) < 4.78 is 5.72. The van der Waals surface area contributed by atoms with E-state index in [1.165, 1.54) is 16.2 Å². The lowest BCUT2D eigenvalue weighted by Crippen LogP contribution is -2.44. The molecule has 0 N–H and O–H groups in total. The van der Waals surface area contributed by atoms with Crippen LogP contribution in [0, 0.1) is 0 Å². The van der Waals surface area contributed by atoms with Gasteiger partial charge in [-0.2, -0.15) is 0 Å². The molecule has 0 heterocycles. The summed E-state index contributed by atoms with van der Waals surface area (Å²) in [5.74, 6) is 0. The first-order valence-corrected chi connectivity index (χ1v) is 11.4. The first kappa shape index (κ1) is 12.1. The Labute approximate surface area is 112 Å². The van der Waals surface area contributed by atoms with Gasteiger partial charge >= 0.3 is 0 Å². The van der Waals surface area contributed by atoms with Crippen molar-refractivity contribution in [3.8, 4) is 0 Å². The van der Waals surface area contributed by atoms with Crippen LogP contribution >= 0.6 is 90.4 Å². The lowest BCUT2D eigenvalue weighted by molar-refractivity contribution is 1.69. The summed E-state index contributed by atoms with van der Waals surface area (Å²) in [5.41, 5.74) is 0. The summed E-state index contributed by atoms with van der Waals surface area (Å²) in [6, 6.07) is 0. The van der Waals surface area contributed by atoms with Crippen LogP contribution in [-0.4, -0.2) is 24.3 Å². The molecule has 9 heavy (non-hydrogen) atoms. The van der Waals surface area contributed by atoms with Crippen LogP contribution in [0.2, 0.25) is 0 Å². The van der Waals surface area contributed by atoms with E-state index < -0.39 is 8.07 Å². The lowest BCUT2D eigenvalue weighted by atomic mass is 11.8. The van der Waals surface area contributed by atoms with E-state index >= 15 is 0 Å². The Hall–Kier alpha value is 3.14. The van der Waals surface area contributed by atoms with Crippen LogP contribution < -0.4 is 0 Å². The maximum Gasteiger partial charge on any atom is 0.0929 e. The van der Waals surface area contributed by atoms with Crippen molar-refractivity contribution in [2.24, 2.45) is 0 Å². The summed E-state index contributed by atoms with van der Waals surface area (Å²) in [6.07, 6.45) is 0. The Bertz CT molecular complexity index is 55.5. The standard InChI is InChI=1S/C4H8I4Si/c5-1-9(2-6,3-7)4-8/h1-4H2. The normalized spacial score (nSPS) is 12.0. The van der Waals surface area contributed by atoms with Crippen molar-refractivity contribution in [2.75, 3.05) is 16.2 Å². The van der Waals surface area contributed by atoms with Gasteiger partial charge in [0.25, 0.3) is 0 Å². The maximum atomic E-state index is 2.55. The number of hydrogen-bond acceptors (Lipinski definition) is 0. The van der Waals surface area contributed by atoms with Crippen LogP contribution in [0.1, 0.15) is 0 Å². The van der Waals surface area contributed by atoms with Crippen LogP contribution in [0.4, 0.5) is 0 Å². The number of alkyl halides is 4. The van der Waals surface area contributed by atoms with Gasteiger partial charge in [-0.3, -0.25) is 0 Å². The highest BCUT2D eigenvalue weighted by molar-refractivity contribution is 14.1. The molecule has 0 atom stereocenters. The van der Waals surface area contributed by atoms with Gasteiger partial charge < -0.3 is 0 Å². The Morgan fingerprint density at radius 3 is 0.889 bits per heavy atom. The molecule has 0 aromatic carbocycles. The highest BCUT2D eigenvalue weighted by Crippen LogP contribution is 2.16. The average molecular weight is 592 g/mol. The van der Waals surface area contributed by atoms with Crippen LogP contribution in [0.25, 0.3) is 0 Å². The zero-order chi connectivity index (χ0) is 7.33. The van der Waals surface area contributed by atoms with Crippen LogP contribution in [0.3, 0.4) is 0 Å². The molecule has 56 valence electrons. The third-order valence-electron chi connectivity index (χ3n) is 1.13. The molecule has 5 heteroatoms. The minimum atomic E-state index is -0.745. The summed E-state index contributed by atoms with van der Waals surface area (Å²) >= 11 is 10.2. The van der Waals surface area contributed by atoms with Crippen LogP contribution in [0.15, 0.2) is 0 Å². The van der Waals surface area contributed by atoms with Crippen molar-refractivity contribution >= 4 is 98.4 Å². The summed E-state index contributed by atoms with van der Waals surface area (Å²) in [4.78, 5) is 0.